The Morgan fingerprint density at radius 2 is 2.05 bits per heavy atom. The predicted molar refractivity (Wildman–Crippen MR) is 74.7 cm³/mol. The summed E-state index contributed by atoms with van der Waals surface area (Å²) in [5.74, 6) is -0.0226. The van der Waals surface area contributed by atoms with Crippen LogP contribution in [0.5, 0.6) is 11.8 Å². The zero-order valence-electron chi connectivity index (χ0n) is 9.65. The van der Waals surface area contributed by atoms with Gasteiger partial charge in [-0.3, -0.25) is 0 Å². The van der Waals surface area contributed by atoms with E-state index in [9.17, 15) is 4.39 Å². The fourth-order valence-electron chi connectivity index (χ4n) is 1.70. The minimum atomic E-state index is -0.391. The monoisotopic (exact) mass is 321 g/mol. The molecule has 2 aromatic carbocycles. The maximum Gasteiger partial charge on any atom is 0.300 e. The van der Waals surface area contributed by atoms with Gasteiger partial charge in [-0.1, -0.05) is 0 Å². The molecule has 0 unspecified atom stereocenters. The largest absolute Gasteiger partial charge is 0.426 e. The first-order chi connectivity index (χ1) is 9.11. The van der Waals surface area contributed by atoms with Gasteiger partial charge in [0.05, 0.1) is 15.5 Å². The molecule has 3 rings (SSSR count). The number of hydrogen-bond donors (Lipinski definition) is 2. The third-order valence-corrected chi connectivity index (χ3v) is 3.23. The molecule has 6 heteroatoms. The van der Waals surface area contributed by atoms with E-state index in [1.807, 2.05) is 0 Å². The Kier molecular flexibility index (Phi) is 2.87. The summed E-state index contributed by atoms with van der Waals surface area (Å²) < 4.78 is 19.2. The number of aromatic nitrogens is 2. The van der Waals surface area contributed by atoms with E-state index in [-0.39, 0.29) is 0 Å². The van der Waals surface area contributed by atoms with Crippen LogP contribution in [0.4, 0.5) is 10.1 Å². The maximum atomic E-state index is 13.4. The van der Waals surface area contributed by atoms with E-state index in [1.54, 1.807) is 30.3 Å². The molecule has 0 fully saturated rings. The molecule has 3 N–H and O–H groups in total. The second-order valence-corrected chi connectivity index (χ2v) is 4.85. The molecule has 0 amide bonds. The molecule has 3 aromatic rings. The molecule has 0 bridgehead atoms. The molecule has 96 valence electrons. The summed E-state index contributed by atoms with van der Waals surface area (Å²) in [5.41, 5.74) is 7.82. The Bertz CT molecular complexity index is 757. The lowest BCUT2D eigenvalue weighted by atomic mass is 10.3. The SMILES string of the molecule is Nc1ccc2nc(Oc3ccc(Br)c(F)c3)[nH]c2c1. The van der Waals surface area contributed by atoms with Crippen LogP contribution in [0.15, 0.2) is 40.9 Å². The van der Waals surface area contributed by atoms with Crippen LogP contribution in [0.1, 0.15) is 0 Å². The van der Waals surface area contributed by atoms with Gasteiger partial charge in [0.15, 0.2) is 0 Å². The zero-order chi connectivity index (χ0) is 13.4. The number of aromatic amines is 1. The second kappa shape index (κ2) is 4.55. The number of nitrogens with zero attached hydrogens (tertiary/aromatic N) is 1. The van der Waals surface area contributed by atoms with Crippen LogP contribution < -0.4 is 10.5 Å². The van der Waals surface area contributed by atoms with Crippen LogP contribution in [-0.4, -0.2) is 9.97 Å². The number of benzene rings is 2. The third-order valence-electron chi connectivity index (χ3n) is 2.59. The van der Waals surface area contributed by atoms with Gasteiger partial charge in [0, 0.05) is 11.8 Å². The van der Waals surface area contributed by atoms with E-state index in [0.29, 0.717) is 21.9 Å². The van der Waals surface area contributed by atoms with Crippen molar-refractivity contribution in [1.82, 2.24) is 9.97 Å². The molecule has 1 heterocycles. The maximum absolute atomic E-state index is 13.4. The van der Waals surface area contributed by atoms with Crippen LogP contribution in [0.25, 0.3) is 11.0 Å². The topological polar surface area (TPSA) is 63.9 Å². The third kappa shape index (κ3) is 2.39. The molecular weight excluding hydrogens is 313 g/mol. The van der Waals surface area contributed by atoms with Crippen molar-refractivity contribution in [2.75, 3.05) is 5.73 Å². The van der Waals surface area contributed by atoms with Crippen molar-refractivity contribution in [2.24, 2.45) is 0 Å². The summed E-state index contributed by atoms with van der Waals surface area (Å²) >= 11 is 3.08. The molecule has 0 spiro atoms. The second-order valence-electron chi connectivity index (χ2n) is 4.00. The summed E-state index contributed by atoms with van der Waals surface area (Å²) in [7, 11) is 0. The summed E-state index contributed by atoms with van der Waals surface area (Å²) in [6.45, 7) is 0. The number of rotatable bonds is 2. The normalized spacial score (nSPS) is 10.8. The van der Waals surface area contributed by atoms with Gasteiger partial charge in [-0.15, -0.1) is 0 Å². The first-order valence-electron chi connectivity index (χ1n) is 5.50. The molecule has 0 saturated carbocycles. The van der Waals surface area contributed by atoms with Crippen molar-refractivity contribution >= 4 is 32.7 Å². The number of imidazole rings is 1. The van der Waals surface area contributed by atoms with Gasteiger partial charge in [0.25, 0.3) is 6.01 Å². The van der Waals surface area contributed by atoms with E-state index < -0.39 is 5.82 Å². The number of nitrogens with one attached hydrogen (secondary N) is 1. The Balaban J connectivity index is 1.94. The van der Waals surface area contributed by atoms with Crippen LogP contribution >= 0.6 is 15.9 Å². The Morgan fingerprint density at radius 1 is 1.21 bits per heavy atom. The molecule has 0 atom stereocenters. The molecule has 0 saturated heterocycles. The number of H-pyrrole nitrogens is 1. The average molecular weight is 322 g/mol. The van der Waals surface area contributed by atoms with Gasteiger partial charge in [0.2, 0.25) is 0 Å². The summed E-state index contributed by atoms with van der Waals surface area (Å²) in [4.78, 5) is 7.21. The Morgan fingerprint density at radius 3 is 2.84 bits per heavy atom. The first kappa shape index (κ1) is 12.0. The highest BCUT2D eigenvalue weighted by Gasteiger charge is 2.07. The summed E-state index contributed by atoms with van der Waals surface area (Å²) in [5, 5.41) is 0. The van der Waals surface area contributed by atoms with Crippen molar-refractivity contribution in [2.45, 2.75) is 0 Å². The van der Waals surface area contributed by atoms with Gasteiger partial charge < -0.3 is 15.5 Å². The van der Waals surface area contributed by atoms with E-state index in [1.165, 1.54) is 6.07 Å². The van der Waals surface area contributed by atoms with Crippen molar-refractivity contribution in [3.05, 3.63) is 46.7 Å². The van der Waals surface area contributed by atoms with Gasteiger partial charge in [-0.2, -0.15) is 4.98 Å². The highest BCUT2D eigenvalue weighted by Crippen LogP contribution is 2.26. The lowest BCUT2D eigenvalue weighted by Gasteiger charge is -2.02. The number of fused-ring (bicyclic) bond motifs is 1. The molecular formula is C13H9BrFN3O. The first-order valence-corrected chi connectivity index (χ1v) is 6.29. The van der Waals surface area contributed by atoms with Gasteiger partial charge >= 0.3 is 0 Å². The predicted octanol–water partition coefficient (Wildman–Crippen LogP) is 3.84. The highest BCUT2D eigenvalue weighted by molar-refractivity contribution is 9.10. The van der Waals surface area contributed by atoms with Gasteiger partial charge in [-0.25, -0.2) is 4.39 Å². The van der Waals surface area contributed by atoms with E-state index in [0.717, 1.165) is 11.0 Å². The number of nitrogen functional groups attached to an aromatic ring is 1. The van der Waals surface area contributed by atoms with E-state index in [4.69, 9.17) is 10.5 Å². The van der Waals surface area contributed by atoms with Crippen LogP contribution in [0.2, 0.25) is 0 Å². The van der Waals surface area contributed by atoms with Crippen molar-refractivity contribution < 1.29 is 9.13 Å². The fraction of sp³-hybridized carbons (Fsp3) is 0. The van der Waals surface area contributed by atoms with E-state index in [2.05, 4.69) is 25.9 Å². The number of anilines is 1. The fourth-order valence-corrected chi connectivity index (χ4v) is 1.95. The lowest BCUT2D eigenvalue weighted by molar-refractivity contribution is 0.445. The quantitative estimate of drug-likeness (QED) is 0.705. The van der Waals surface area contributed by atoms with Gasteiger partial charge in [-0.05, 0) is 46.3 Å². The molecule has 0 radical (unpaired) electrons. The minimum Gasteiger partial charge on any atom is -0.426 e. The molecule has 0 aliphatic carbocycles. The molecule has 0 aliphatic rings. The highest BCUT2D eigenvalue weighted by atomic mass is 79.9. The molecule has 19 heavy (non-hydrogen) atoms. The number of halogens is 2. The van der Waals surface area contributed by atoms with E-state index >= 15 is 0 Å². The van der Waals surface area contributed by atoms with Gasteiger partial charge in [0.1, 0.15) is 11.6 Å². The summed E-state index contributed by atoms with van der Waals surface area (Å²) in [6.07, 6.45) is 0. The number of nitrogens with two attached hydrogens (primary N) is 1. The zero-order valence-corrected chi connectivity index (χ0v) is 11.2. The standard InChI is InChI=1S/C13H9BrFN3O/c14-9-3-2-8(6-10(9)15)19-13-17-11-4-1-7(16)5-12(11)18-13/h1-6H,16H2,(H,17,18). The minimum absolute atomic E-state index is 0.294. The molecule has 4 nitrogen and oxygen atoms in total. The van der Waals surface area contributed by atoms with Crippen molar-refractivity contribution in [3.63, 3.8) is 0 Å². The molecule has 1 aromatic heterocycles. The van der Waals surface area contributed by atoms with Crippen molar-refractivity contribution in [3.8, 4) is 11.8 Å². The average Bonchev–Trinajstić information content (AvgIpc) is 2.75. The van der Waals surface area contributed by atoms with Crippen LogP contribution in [-0.2, 0) is 0 Å². The smallest absolute Gasteiger partial charge is 0.300 e. The van der Waals surface area contributed by atoms with Crippen LogP contribution in [0, 0.1) is 5.82 Å². The Labute approximate surface area is 116 Å². The molecule has 0 aliphatic heterocycles. The summed E-state index contributed by atoms with van der Waals surface area (Å²) in [6, 6.07) is 10.1. The number of ether oxygens (including phenoxy) is 1. The van der Waals surface area contributed by atoms with Crippen LogP contribution in [0.3, 0.4) is 0 Å². The van der Waals surface area contributed by atoms with Crippen molar-refractivity contribution in [1.29, 1.82) is 0 Å². The Hall–Kier alpha value is -2.08. The number of hydrogen-bond acceptors (Lipinski definition) is 3. The lowest BCUT2D eigenvalue weighted by Crippen LogP contribution is -1.87.